The lowest BCUT2D eigenvalue weighted by Gasteiger charge is -2.31. The van der Waals surface area contributed by atoms with E-state index >= 15 is 0 Å². The van der Waals surface area contributed by atoms with Crippen LogP contribution in [-0.2, 0) is 11.2 Å². The van der Waals surface area contributed by atoms with E-state index in [9.17, 15) is 9.59 Å². The number of hydrogen-bond acceptors (Lipinski definition) is 3. The van der Waals surface area contributed by atoms with Crippen molar-refractivity contribution < 1.29 is 9.59 Å². The monoisotopic (exact) mass is 472 g/mol. The first-order valence-corrected chi connectivity index (χ1v) is 11.8. The van der Waals surface area contributed by atoms with Crippen LogP contribution in [0.4, 0.5) is 5.82 Å². The summed E-state index contributed by atoms with van der Waals surface area (Å²) < 4.78 is 0.953. The van der Waals surface area contributed by atoms with Crippen molar-refractivity contribution in [1.29, 1.82) is 0 Å². The third-order valence-electron chi connectivity index (χ3n) is 6.36. The number of nitrogens with zero attached hydrogens (tertiary/aromatic N) is 2. The van der Waals surface area contributed by atoms with Crippen molar-refractivity contribution in [2.45, 2.75) is 51.4 Å². The Bertz CT molecular complexity index is 866. The van der Waals surface area contributed by atoms with Crippen LogP contribution in [0.3, 0.4) is 0 Å². The van der Waals surface area contributed by atoms with Crippen molar-refractivity contribution >= 4 is 33.6 Å². The average Bonchev–Trinajstić information content (AvgIpc) is 3.21. The number of aromatic amines is 1. The third-order valence-corrected chi connectivity index (χ3v) is 6.89. The Morgan fingerprint density at radius 2 is 1.77 bits per heavy atom. The van der Waals surface area contributed by atoms with Crippen molar-refractivity contribution in [2.75, 3.05) is 18.4 Å². The standard InChI is InChI=1S/C23H29BrN4O2/c24-19-8-6-18(7-9-19)23(30)28-12-10-17(11-13-28)22(29)25-21-15-20(26-27-21)14-16-4-2-1-3-5-16/h6-9,15-17H,1-5,10-14H2,(H2,25,26,27,29). The number of amides is 2. The van der Waals surface area contributed by atoms with Crippen LogP contribution >= 0.6 is 15.9 Å². The summed E-state index contributed by atoms with van der Waals surface area (Å²) >= 11 is 3.39. The summed E-state index contributed by atoms with van der Waals surface area (Å²) in [5.74, 6) is 1.29. The lowest BCUT2D eigenvalue weighted by Crippen LogP contribution is -2.41. The number of hydrogen-bond donors (Lipinski definition) is 2. The Morgan fingerprint density at radius 1 is 1.07 bits per heavy atom. The lowest BCUT2D eigenvalue weighted by molar-refractivity contribution is -0.121. The number of benzene rings is 1. The summed E-state index contributed by atoms with van der Waals surface area (Å²) in [6, 6.07) is 9.37. The van der Waals surface area contributed by atoms with E-state index in [0.717, 1.165) is 22.5 Å². The van der Waals surface area contributed by atoms with E-state index in [0.29, 0.717) is 37.3 Å². The molecule has 0 bridgehead atoms. The largest absolute Gasteiger partial charge is 0.339 e. The van der Waals surface area contributed by atoms with Crippen LogP contribution in [0.1, 0.15) is 61.0 Å². The van der Waals surface area contributed by atoms with Gasteiger partial charge in [0.15, 0.2) is 5.82 Å². The van der Waals surface area contributed by atoms with E-state index < -0.39 is 0 Å². The van der Waals surface area contributed by atoms with Crippen LogP contribution in [-0.4, -0.2) is 40.0 Å². The van der Waals surface area contributed by atoms with Gasteiger partial charge in [-0.15, -0.1) is 0 Å². The fourth-order valence-corrected chi connectivity index (χ4v) is 4.84. The molecule has 30 heavy (non-hydrogen) atoms. The van der Waals surface area contributed by atoms with E-state index in [1.54, 1.807) is 0 Å². The van der Waals surface area contributed by atoms with Gasteiger partial charge in [0.2, 0.25) is 5.91 Å². The fourth-order valence-electron chi connectivity index (χ4n) is 4.58. The highest BCUT2D eigenvalue weighted by molar-refractivity contribution is 9.10. The van der Waals surface area contributed by atoms with Crippen molar-refractivity contribution in [3.63, 3.8) is 0 Å². The summed E-state index contributed by atoms with van der Waals surface area (Å²) in [5, 5.41) is 10.3. The van der Waals surface area contributed by atoms with Crippen molar-refractivity contribution in [2.24, 2.45) is 11.8 Å². The van der Waals surface area contributed by atoms with E-state index in [4.69, 9.17) is 0 Å². The minimum Gasteiger partial charge on any atom is -0.339 e. The molecule has 0 atom stereocenters. The van der Waals surface area contributed by atoms with E-state index in [1.807, 2.05) is 35.2 Å². The van der Waals surface area contributed by atoms with Gasteiger partial charge in [0.1, 0.15) is 0 Å². The zero-order valence-electron chi connectivity index (χ0n) is 17.2. The first-order chi connectivity index (χ1) is 14.6. The highest BCUT2D eigenvalue weighted by Gasteiger charge is 2.28. The molecule has 1 saturated heterocycles. The van der Waals surface area contributed by atoms with Crippen molar-refractivity contribution in [1.82, 2.24) is 15.1 Å². The number of piperidine rings is 1. The number of rotatable bonds is 5. The number of carbonyl (C=O) groups is 2. The predicted molar refractivity (Wildman–Crippen MR) is 120 cm³/mol. The van der Waals surface area contributed by atoms with Crippen LogP contribution < -0.4 is 5.32 Å². The van der Waals surface area contributed by atoms with Gasteiger partial charge in [-0.25, -0.2) is 0 Å². The maximum Gasteiger partial charge on any atom is 0.253 e. The van der Waals surface area contributed by atoms with Gasteiger partial charge in [0.05, 0.1) is 0 Å². The summed E-state index contributed by atoms with van der Waals surface area (Å²) in [6.45, 7) is 1.20. The lowest BCUT2D eigenvalue weighted by atomic mass is 9.86. The molecule has 2 fully saturated rings. The molecule has 4 rings (SSSR count). The SMILES string of the molecule is O=C(Nc1cc(CC2CCCCC2)[nH]n1)C1CCN(C(=O)c2ccc(Br)cc2)CC1. The number of aromatic nitrogens is 2. The third kappa shape index (κ3) is 5.31. The zero-order valence-corrected chi connectivity index (χ0v) is 18.8. The molecular weight excluding hydrogens is 444 g/mol. The molecule has 2 heterocycles. The molecule has 1 aromatic carbocycles. The summed E-state index contributed by atoms with van der Waals surface area (Å²) in [6.07, 6.45) is 8.95. The topological polar surface area (TPSA) is 78.1 Å². The van der Waals surface area contributed by atoms with Gasteiger partial charge in [-0.3, -0.25) is 14.7 Å². The second-order valence-corrected chi connectivity index (χ2v) is 9.46. The molecule has 0 unspecified atom stereocenters. The molecule has 0 spiro atoms. The van der Waals surface area contributed by atoms with Gasteiger partial charge in [0.25, 0.3) is 5.91 Å². The van der Waals surface area contributed by atoms with E-state index in [2.05, 4.69) is 31.4 Å². The molecule has 2 amide bonds. The zero-order chi connectivity index (χ0) is 20.9. The molecule has 6 nitrogen and oxygen atoms in total. The van der Waals surface area contributed by atoms with Gasteiger partial charge < -0.3 is 10.2 Å². The van der Waals surface area contributed by atoms with Crippen LogP contribution in [0.2, 0.25) is 0 Å². The maximum atomic E-state index is 12.7. The van der Waals surface area contributed by atoms with Gasteiger partial charge >= 0.3 is 0 Å². The first kappa shape index (κ1) is 21.1. The minimum absolute atomic E-state index is 0.00135. The van der Waals surface area contributed by atoms with Gasteiger partial charge in [-0.1, -0.05) is 48.0 Å². The number of nitrogens with one attached hydrogen (secondary N) is 2. The Morgan fingerprint density at radius 3 is 2.47 bits per heavy atom. The van der Waals surface area contributed by atoms with Crippen LogP contribution in [0.25, 0.3) is 0 Å². The summed E-state index contributed by atoms with van der Waals surface area (Å²) in [5.41, 5.74) is 1.79. The molecule has 1 aliphatic heterocycles. The molecule has 160 valence electrons. The number of likely N-dealkylation sites (tertiary alicyclic amines) is 1. The maximum absolute atomic E-state index is 12.7. The number of carbonyl (C=O) groups excluding carboxylic acids is 2. The Balaban J connectivity index is 1.25. The fraction of sp³-hybridized carbons (Fsp3) is 0.522. The molecule has 2 aromatic rings. The molecule has 1 saturated carbocycles. The number of halogens is 1. The van der Waals surface area contributed by atoms with Gasteiger partial charge in [-0.05, 0) is 49.4 Å². The first-order valence-electron chi connectivity index (χ1n) is 11.0. The normalized spacial score (nSPS) is 18.4. The van der Waals surface area contributed by atoms with E-state index in [1.165, 1.54) is 32.1 Å². The molecule has 0 radical (unpaired) electrons. The highest BCUT2D eigenvalue weighted by atomic mass is 79.9. The Hall–Kier alpha value is -2.15. The molecule has 2 aliphatic rings. The number of anilines is 1. The van der Waals surface area contributed by atoms with Crippen LogP contribution in [0.5, 0.6) is 0 Å². The molecule has 2 N–H and O–H groups in total. The molecule has 1 aromatic heterocycles. The predicted octanol–water partition coefficient (Wildman–Crippen LogP) is 4.79. The second kappa shape index (κ2) is 9.77. The van der Waals surface area contributed by atoms with Crippen LogP contribution in [0.15, 0.2) is 34.8 Å². The Labute approximate surface area is 185 Å². The van der Waals surface area contributed by atoms with Crippen LogP contribution in [0, 0.1) is 11.8 Å². The summed E-state index contributed by atoms with van der Waals surface area (Å²) in [4.78, 5) is 27.2. The quantitative estimate of drug-likeness (QED) is 0.656. The highest BCUT2D eigenvalue weighted by Crippen LogP contribution is 2.27. The molecular formula is C23H29BrN4O2. The van der Waals surface area contributed by atoms with Gasteiger partial charge in [-0.2, -0.15) is 5.10 Å². The second-order valence-electron chi connectivity index (χ2n) is 8.55. The number of H-pyrrole nitrogens is 1. The Kier molecular flexibility index (Phi) is 6.87. The van der Waals surface area contributed by atoms with E-state index in [-0.39, 0.29) is 17.7 Å². The minimum atomic E-state index is -0.0857. The summed E-state index contributed by atoms with van der Waals surface area (Å²) in [7, 11) is 0. The average molecular weight is 473 g/mol. The van der Waals surface area contributed by atoms with Gasteiger partial charge in [0, 0.05) is 40.8 Å². The smallest absolute Gasteiger partial charge is 0.253 e. The van der Waals surface area contributed by atoms with Crippen molar-refractivity contribution in [3.05, 3.63) is 46.1 Å². The molecule has 7 heteroatoms. The molecule has 1 aliphatic carbocycles. The van der Waals surface area contributed by atoms with Crippen molar-refractivity contribution in [3.8, 4) is 0 Å².